The third kappa shape index (κ3) is 3.76. The van der Waals surface area contributed by atoms with Crippen LogP contribution in [0.1, 0.15) is 16.5 Å². The molecule has 2 rings (SSSR count). The lowest BCUT2D eigenvalue weighted by Gasteiger charge is -2.16. The SMILES string of the molecule is COc1cc(Cl)c(C(Cl)Cc2ccccc2Cl)cc1OC. The van der Waals surface area contributed by atoms with Gasteiger partial charge in [0.1, 0.15) is 0 Å². The van der Waals surface area contributed by atoms with Crippen LogP contribution in [0.4, 0.5) is 0 Å². The highest BCUT2D eigenvalue weighted by atomic mass is 35.5. The molecule has 0 aliphatic carbocycles. The van der Waals surface area contributed by atoms with Crippen molar-refractivity contribution in [3.05, 3.63) is 57.6 Å². The van der Waals surface area contributed by atoms with Crippen molar-refractivity contribution in [3.63, 3.8) is 0 Å². The molecule has 112 valence electrons. The standard InChI is InChI=1S/C16H15Cl3O2/c1-20-15-8-11(14(19)9-16(15)21-2)13(18)7-10-5-3-4-6-12(10)17/h3-6,8-9,13H,7H2,1-2H3. The van der Waals surface area contributed by atoms with E-state index in [1.165, 1.54) is 0 Å². The molecule has 0 saturated carbocycles. The molecular formula is C16H15Cl3O2. The van der Waals surface area contributed by atoms with Gasteiger partial charge in [0.05, 0.1) is 19.6 Å². The Balaban J connectivity index is 2.31. The Bertz CT molecular complexity index is 629. The first-order valence-electron chi connectivity index (χ1n) is 6.35. The molecule has 0 spiro atoms. The fourth-order valence-electron chi connectivity index (χ4n) is 2.08. The van der Waals surface area contributed by atoms with E-state index < -0.39 is 0 Å². The van der Waals surface area contributed by atoms with Crippen LogP contribution in [-0.4, -0.2) is 14.2 Å². The number of ether oxygens (including phenoxy) is 2. The van der Waals surface area contributed by atoms with Gasteiger partial charge in [-0.05, 0) is 29.7 Å². The van der Waals surface area contributed by atoms with Gasteiger partial charge in [0.15, 0.2) is 11.5 Å². The van der Waals surface area contributed by atoms with E-state index >= 15 is 0 Å². The molecule has 0 aliphatic rings. The fourth-order valence-corrected chi connectivity index (χ4v) is 2.98. The Morgan fingerprint density at radius 1 is 0.952 bits per heavy atom. The summed E-state index contributed by atoms with van der Waals surface area (Å²) in [7, 11) is 3.14. The Morgan fingerprint density at radius 2 is 1.57 bits per heavy atom. The van der Waals surface area contributed by atoms with Crippen molar-refractivity contribution >= 4 is 34.8 Å². The van der Waals surface area contributed by atoms with Crippen LogP contribution in [-0.2, 0) is 6.42 Å². The second-order valence-corrected chi connectivity index (χ2v) is 5.83. The molecule has 0 aromatic heterocycles. The van der Waals surface area contributed by atoms with Gasteiger partial charge in [0, 0.05) is 16.1 Å². The smallest absolute Gasteiger partial charge is 0.162 e. The molecule has 0 saturated heterocycles. The normalized spacial score (nSPS) is 12.0. The molecule has 0 amide bonds. The molecule has 0 N–H and O–H groups in total. The molecular weight excluding hydrogens is 331 g/mol. The molecule has 2 aromatic carbocycles. The second-order valence-electron chi connectivity index (χ2n) is 4.49. The minimum Gasteiger partial charge on any atom is -0.493 e. The van der Waals surface area contributed by atoms with Crippen LogP contribution in [0.5, 0.6) is 11.5 Å². The third-order valence-corrected chi connectivity index (χ3v) is 4.28. The van der Waals surface area contributed by atoms with Gasteiger partial charge in [0.2, 0.25) is 0 Å². The quantitative estimate of drug-likeness (QED) is 0.663. The summed E-state index contributed by atoms with van der Waals surface area (Å²) in [5.74, 6) is 1.18. The average Bonchev–Trinajstić information content (AvgIpc) is 2.49. The Hall–Kier alpha value is -1.09. The molecule has 1 atom stereocenters. The van der Waals surface area contributed by atoms with E-state index in [4.69, 9.17) is 44.3 Å². The minimum absolute atomic E-state index is 0.308. The van der Waals surface area contributed by atoms with Crippen LogP contribution >= 0.6 is 34.8 Å². The lowest BCUT2D eigenvalue weighted by atomic mass is 10.0. The van der Waals surface area contributed by atoms with E-state index in [1.54, 1.807) is 26.4 Å². The average molecular weight is 346 g/mol. The summed E-state index contributed by atoms with van der Waals surface area (Å²) in [5.41, 5.74) is 1.76. The van der Waals surface area contributed by atoms with Gasteiger partial charge in [-0.2, -0.15) is 0 Å². The minimum atomic E-state index is -0.308. The second kappa shape index (κ2) is 7.26. The number of methoxy groups -OCH3 is 2. The predicted octanol–water partition coefficient (Wildman–Crippen LogP) is 5.53. The summed E-state index contributed by atoms with van der Waals surface area (Å²) in [6.45, 7) is 0. The van der Waals surface area contributed by atoms with Gasteiger partial charge in [-0.1, -0.05) is 41.4 Å². The first-order chi connectivity index (χ1) is 10.1. The van der Waals surface area contributed by atoms with E-state index in [0.29, 0.717) is 28.0 Å². The summed E-state index contributed by atoms with van der Waals surface area (Å²) in [4.78, 5) is 0. The van der Waals surface area contributed by atoms with Crippen LogP contribution in [0.25, 0.3) is 0 Å². The Kier molecular flexibility index (Phi) is 5.63. The largest absolute Gasteiger partial charge is 0.493 e. The van der Waals surface area contributed by atoms with E-state index in [9.17, 15) is 0 Å². The first kappa shape index (κ1) is 16.3. The van der Waals surface area contributed by atoms with Gasteiger partial charge in [-0.3, -0.25) is 0 Å². The summed E-state index contributed by atoms with van der Waals surface area (Å²) >= 11 is 19.0. The highest BCUT2D eigenvalue weighted by molar-refractivity contribution is 6.33. The van der Waals surface area contributed by atoms with Crippen molar-refractivity contribution in [3.8, 4) is 11.5 Å². The highest BCUT2D eigenvalue weighted by Gasteiger charge is 2.18. The predicted molar refractivity (Wildman–Crippen MR) is 88.3 cm³/mol. The number of alkyl halides is 1. The topological polar surface area (TPSA) is 18.5 Å². The molecule has 21 heavy (non-hydrogen) atoms. The van der Waals surface area contributed by atoms with Crippen molar-refractivity contribution in [2.45, 2.75) is 11.8 Å². The lowest BCUT2D eigenvalue weighted by Crippen LogP contribution is -2.00. The molecule has 2 nitrogen and oxygen atoms in total. The van der Waals surface area contributed by atoms with Gasteiger partial charge >= 0.3 is 0 Å². The number of benzene rings is 2. The molecule has 5 heteroatoms. The summed E-state index contributed by atoms with van der Waals surface area (Å²) in [5, 5.41) is 0.927. The number of hydrogen-bond acceptors (Lipinski definition) is 2. The van der Waals surface area contributed by atoms with Crippen molar-refractivity contribution in [1.82, 2.24) is 0 Å². The lowest BCUT2D eigenvalue weighted by molar-refractivity contribution is 0.354. The Labute approximate surface area is 139 Å². The zero-order valence-electron chi connectivity index (χ0n) is 11.7. The first-order valence-corrected chi connectivity index (χ1v) is 7.55. The number of rotatable bonds is 5. The summed E-state index contributed by atoms with van der Waals surface area (Å²) < 4.78 is 10.5. The van der Waals surface area contributed by atoms with Crippen LogP contribution in [0.2, 0.25) is 10.0 Å². The van der Waals surface area contributed by atoms with Crippen molar-refractivity contribution in [2.24, 2.45) is 0 Å². The summed E-state index contributed by atoms with van der Waals surface area (Å²) in [6.07, 6.45) is 0.580. The maximum Gasteiger partial charge on any atom is 0.162 e. The Morgan fingerprint density at radius 3 is 2.19 bits per heavy atom. The van der Waals surface area contributed by atoms with E-state index in [2.05, 4.69) is 0 Å². The van der Waals surface area contributed by atoms with Gasteiger partial charge < -0.3 is 9.47 Å². The van der Waals surface area contributed by atoms with Crippen molar-refractivity contribution < 1.29 is 9.47 Å². The van der Waals surface area contributed by atoms with Crippen LogP contribution in [0.3, 0.4) is 0 Å². The van der Waals surface area contributed by atoms with Gasteiger partial charge in [-0.25, -0.2) is 0 Å². The molecule has 0 fully saturated rings. The fraction of sp³-hybridized carbons (Fsp3) is 0.250. The molecule has 0 aliphatic heterocycles. The van der Waals surface area contributed by atoms with Crippen LogP contribution in [0, 0.1) is 0 Å². The van der Waals surface area contributed by atoms with Crippen molar-refractivity contribution in [1.29, 1.82) is 0 Å². The van der Waals surface area contributed by atoms with Crippen molar-refractivity contribution in [2.75, 3.05) is 14.2 Å². The summed E-state index contributed by atoms with van der Waals surface area (Å²) in [6, 6.07) is 11.1. The monoisotopic (exact) mass is 344 g/mol. The number of halogens is 3. The van der Waals surface area contributed by atoms with E-state index in [1.807, 2.05) is 24.3 Å². The molecule has 2 aromatic rings. The van der Waals surface area contributed by atoms with E-state index in [-0.39, 0.29) is 5.38 Å². The molecule has 0 bridgehead atoms. The molecule has 1 unspecified atom stereocenters. The zero-order chi connectivity index (χ0) is 15.4. The molecule has 0 radical (unpaired) electrons. The maximum absolute atomic E-state index is 6.50. The third-order valence-electron chi connectivity index (χ3n) is 3.20. The zero-order valence-corrected chi connectivity index (χ0v) is 14.0. The maximum atomic E-state index is 6.50. The highest BCUT2D eigenvalue weighted by Crippen LogP contribution is 2.39. The van der Waals surface area contributed by atoms with Gasteiger partial charge in [-0.15, -0.1) is 11.6 Å². The van der Waals surface area contributed by atoms with Gasteiger partial charge in [0.25, 0.3) is 0 Å². The van der Waals surface area contributed by atoms with Crippen LogP contribution in [0.15, 0.2) is 36.4 Å². The van der Waals surface area contributed by atoms with E-state index in [0.717, 1.165) is 11.1 Å². The number of hydrogen-bond donors (Lipinski definition) is 0. The molecule has 0 heterocycles. The van der Waals surface area contributed by atoms with Crippen LogP contribution < -0.4 is 9.47 Å².